The fourth-order valence-electron chi connectivity index (χ4n) is 3.59. The van der Waals surface area contributed by atoms with Gasteiger partial charge in [0.05, 0.1) is 20.0 Å². The topological polar surface area (TPSA) is 86.3 Å². The first-order valence-electron chi connectivity index (χ1n) is 9.72. The molecule has 3 unspecified atom stereocenters. The highest BCUT2D eigenvalue weighted by Gasteiger charge is 2.34. The Morgan fingerprint density at radius 1 is 1.04 bits per heavy atom. The van der Waals surface area contributed by atoms with Crippen LogP contribution in [0.1, 0.15) is 65.2 Å². The van der Waals surface area contributed by atoms with Gasteiger partial charge in [0, 0.05) is 17.9 Å². The highest BCUT2D eigenvalue weighted by atomic mass is 32.2. The normalized spacial score (nSPS) is 18.4. The van der Waals surface area contributed by atoms with Crippen LogP contribution < -0.4 is 0 Å². The molecule has 0 saturated carbocycles. The van der Waals surface area contributed by atoms with Crippen LogP contribution in [0.2, 0.25) is 0 Å². The van der Waals surface area contributed by atoms with Gasteiger partial charge in [-0.15, -0.1) is 23.1 Å². The molecular weight excluding hydrogens is 396 g/mol. The zero-order chi connectivity index (χ0) is 21.4. The molecular formula is C20H32N2O4S2. The first-order chi connectivity index (χ1) is 13.0. The summed E-state index contributed by atoms with van der Waals surface area (Å²) < 4.78 is 0. The lowest BCUT2D eigenvalue weighted by molar-refractivity contribution is -0.427. The lowest BCUT2D eigenvalue weighted by Crippen LogP contribution is -2.20. The van der Waals surface area contributed by atoms with Gasteiger partial charge in [-0.3, -0.25) is 20.2 Å². The van der Waals surface area contributed by atoms with Gasteiger partial charge in [0.15, 0.2) is 0 Å². The van der Waals surface area contributed by atoms with Gasteiger partial charge >= 0.3 is 0 Å². The van der Waals surface area contributed by atoms with Crippen LogP contribution in [-0.2, 0) is 0 Å². The Kier molecular flexibility index (Phi) is 10.2. The van der Waals surface area contributed by atoms with E-state index in [-0.39, 0.29) is 26.7 Å². The van der Waals surface area contributed by atoms with Gasteiger partial charge in [-0.1, -0.05) is 41.5 Å². The minimum atomic E-state index is -0.289. The highest BCUT2D eigenvalue weighted by Crippen LogP contribution is 2.36. The van der Waals surface area contributed by atoms with Crippen LogP contribution in [0.4, 0.5) is 5.69 Å². The molecule has 0 N–H and O–H groups in total. The Bertz CT molecular complexity index is 686. The molecule has 0 radical (unpaired) electrons. The van der Waals surface area contributed by atoms with E-state index in [1.54, 1.807) is 29.3 Å². The molecule has 1 aliphatic heterocycles. The molecule has 0 amide bonds. The van der Waals surface area contributed by atoms with E-state index in [9.17, 15) is 20.2 Å². The van der Waals surface area contributed by atoms with Crippen molar-refractivity contribution in [1.29, 1.82) is 0 Å². The predicted octanol–water partition coefficient (Wildman–Crippen LogP) is 6.75. The molecule has 2 heterocycles. The van der Waals surface area contributed by atoms with Crippen LogP contribution in [0, 0.1) is 38.0 Å². The third kappa shape index (κ3) is 7.54. The summed E-state index contributed by atoms with van der Waals surface area (Å²) in [5.41, 5.74) is 0.700. The Morgan fingerprint density at radius 3 is 2.14 bits per heavy atom. The summed E-state index contributed by atoms with van der Waals surface area (Å²) in [6.45, 7) is 12.8. The summed E-state index contributed by atoms with van der Waals surface area (Å²) in [5, 5.41) is 23.3. The lowest BCUT2D eigenvalue weighted by atomic mass is 9.94. The van der Waals surface area contributed by atoms with Crippen LogP contribution in [0.25, 0.3) is 0 Å². The second kappa shape index (κ2) is 11.6. The fourth-order valence-corrected chi connectivity index (χ4v) is 5.79. The second-order valence-electron chi connectivity index (χ2n) is 8.20. The van der Waals surface area contributed by atoms with Crippen LogP contribution in [0.15, 0.2) is 23.2 Å². The zero-order valence-electron chi connectivity index (χ0n) is 17.6. The van der Waals surface area contributed by atoms with E-state index in [2.05, 4.69) is 41.5 Å². The molecule has 0 fully saturated rings. The average Bonchev–Trinajstić information content (AvgIpc) is 3.23. The molecule has 0 bridgehead atoms. The van der Waals surface area contributed by atoms with E-state index < -0.39 is 0 Å². The summed E-state index contributed by atoms with van der Waals surface area (Å²) >= 11 is 3.18. The maximum atomic E-state index is 10.7. The summed E-state index contributed by atoms with van der Waals surface area (Å²) in [7, 11) is 0. The summed E-state index contributed by atoms with van der Waals surface area (Å²) in [6.07, 6.45) is 3.82. The van der Waals surface area contributed by atoms with Gasteiger partial charge in [-0.05, 0) is 41.9 Å². The second-order valence-corrected chi connectivity index (χ2v) is 10.3. The van der Waals surface area contributed by atoms with Gasteiger partial charge in [-0.2, -0.15) is 0 Å². The molecule has 0 aliphatic carbocycles. The summed E-state index contributed by atoms with van der Waals surface area (Å²) in [6, 6.07) is 1.59. The quantitative estimate of drug-likeness (QED) is 0.337. The molecule has 0 saturated heterocycles. The van der Waals surface area contributed by atoms with Gasteiger partial charge < -0.3 is 0 Å². The first-order valence-corrected chi connectivity index (χ1v) is 11.6. The lowest BCUT2D eigenvalue weighted by Gasteiger charge is -2.19. The third-order valence-electron chi connectivity index (χ3n) is 4.57. The Morgan fingerprint density at radius 2 is 1.64 bits per heavy atom. The Hall–Kier alpha value is -1.41. The van der Waals surface area contributed by atoms with Crippen LogP contribution in [0.5, 0.6) is 0 Å². The van der Waals surface area contributed by atoms with Crippen LogP contribution in [-0.4, -0.2) is 20.8 Å². The van der Waals surface area contributed by atoms with Crippen LogP contribution >= 0.6 is 23.1 Å². The predicted molar refractivity (Wildman–Crippen MR) is 119 cm³/mol. The van der Waals surface area contributed by atoms with Gasteiger partial charge in [0.25, 0.3) is 11.4 Å². The molecule has 158 valence electrons. The zero-order valence-corrected chi connectivity index (χ0v) is 19.2. The molecule has 0 aromatic carbocycles. The first kappa shape index (κ1) is 24.6. The number of nitrogens with zero attached hydrogens (tertiary/aromatic N) is 2. The number of nitro groups is 2. The SMILES string of the molecule is CC(C)CC(C)C1SCC=C1[N+](=O)[O-].CC(C)CC(C)c1sccc1[N+](=O)[O-]. The van der Waals surface area contributed by atoms with Crippen molar-refractivity contribution >= 4 is 28.8 Å². The largest absolute Gasteiger partial charge is 0.283 e. The molecule has 1 aromatic rings. The molecule has 3 atom stereocenters. The van der Waals surface area contributed by atoms with E-state index in [0.29, 0.717) is 23.5 Å². The molecule has 0 spiro atoms. The van der Waals surface area contributed by atoms with Crippen molar-refractivity contribution in [3.63, 3.8) is 0 Å². The van der Waals surface area contributed by atoms with E-state index in [4.69, 9.17) is 0 Å². The maximum absolute atomic E-state index is 10.7. The van der Waals surface area contributed by atoms with Crippen molar-refractivity contribution in [3.8, 4) is 0 Å². The summed E-state index contributed by atoms with van der Waals surface area (Å²) in [4.78, 5) is 21.8. The number of thiophene rings is 1. The van der Waals surface area contributed by atoms with E-state index >= 15 is 0 Å². The number of rotatable bonds is 8. The minimum absolute atomic E-state index is 0.104. The molecule has 1 aromatic heterocycles. The molecule has 2 rings (SSSR count). The number of thioether (sulfide) groups is 1. The van der Waals surface area contributed by atoms with Crippen molar-refractivity contribution in [2.24, 2.45) is 17.8 Å². The standard InChI is InChI=1S/C10H17NO2S.C10H15NO2S/c2*1-7(2)6-8(3)10-9(11(12)13)4-5-14-10/h4,7-8,10H,5-6H2,1-3H3;4-5,7-8H,6H2,1-3H3. The molecule has 8 heteroatoms. The van der Waals surface area contributed by atoms with Crippen LogP contribution in [0.3, 0.4) is 0 Å². The molecule has 28 heavy (non-hydrogen) atoms. The number of hydrogen-bond donors (Lipinski definition) is 0. The van der Waals surface area contributed by atoms with E-state index in [1.165, 1.54) is 11.3 Å². The molecule has 1 aliphatic rings. The van der Waals surface area contributed by atoms with Crippen molar-refractivity contribution in [3.05, 3.63) is 48.3 Å². The van der Waals surface area contributed by atoms with Crippen molar-refractivity contribution in [1.82, 2.24) is 0 Å². The van der Waals surface area contributed by atoms with Crippen molar-refractivity contribution in [2.45, 2.75) is 65.6 Å². The summed E-state index contributed by atoms with van der Waals surface area (Å²) in [5.74, 6) is 2.67. The third-order valence-corrected chi connectivity index (χ3v) is 7.14. The molecule has 6 nitrogen and oxygen atoms in total. The van der Waals surface area contributed by atoms with E-state index in [1.807, 2.05) is 0 Å². The van der Waals surface area contributed by atoms with Gasteiger partial charge in [-0.25, -0.2) is 0 Å². The van der Waals surface area contributed by atoms with Gasteiger partial charge in [0.1, 0.15) is 0 Å². The smallest absolute Gasteiger partial charge is 0.259 e. The monoisotopic (exact) mass is 428 g/mol. The minimum Gasteiger partial charge on any atom is -0.259 e. The Balaban J connectivity index is 0.000000280. The Labute approximate surface area is 176 Å². The fraction of sp³-hybridized carbons (Fsp3) is 0.700. The van der Waals surface area contributed by atoms with Crippen molar-refractivity contribution in [2.75, 3.05) is 5.75 Å². The van der Waals surface area contributed by atoms with Gasteiger partial charge in [0.2, 0.25) is 0 Å². The maximum Gasteiger partial charge on any atom is 0.283 e. The number of hydrogen-bond acceptors (Lipinski definition) is 6. The van der Waals surface area contributed by atoms with E-state index in [0.717, 1.165) is 23.5 Å². The van der Waals surface area contributed by atoms with Crippen molar-refractivity contribution < 1.29 is 9.85 Å². The average molecular weight is 429 g/mol. The highest BCUT2D eigenvalue weighted by molar-refractivity contribution is 8.00.